The van der Waals surface area contributed by atoms with Crippen molar-refractivity contribution in [3.63, 3.8) is 0 Å². The molecule has 0 aliphatic carbocycles. The summed E-state index contributed by atoms with van der Waals surface area (Å²) in [6.45, 7) is 7.48. The molecule has 0 amide bonds. The van der Waals surface area contributed by atoms with Crippen LogP contribution < -0.4 is 5.32 Å². The van der Waals surface area contributed by atoms with Crippen molar-refractivity contribution >= 4 is 29.9 Å². The highest BCUT2D eigenvalue weighted by atomic mass is 127. The molecule has 2 heterocycles. The summed E-state index contributed by atoms with van der Waals surface area (Å²) in [5.41, 5.74) is 1.74. The smallest absolute Gasteiger partial charge is 0.194 e. The van der Waals surface area contributed by atoms with Crippen molar-refractivity contribution in [2.45, 2.75) is 57.9 Å². The number of piperidine rings is 1. The zero-order valence-corrected chi connectivity index (χ0v) is 21.4. The van der Waals surface area contributed by atoms with Gasteiger partial charge in [-0.1, -0.05) is 6.07 Å². The second-order valence-electron chi connectivity index (χ2n) is 8.49. The number of halogens is 2. The second kappa shape index (κ2) is 13.5. The van der Waals surface area contributed by atoms with Gasteiger partial charge in [-0.05, 0) is 64.4 Å². The van der Waals surface area contributed by atoms with Crippen LogP contribution in [0.1, 0.15) is 43.7 Å². The Hall–Kier alpha value is -0.970. The summed E-state index contributed by atoms with van der Waals surface area (Å²) >= 11 is 0. The summed E-state index contributed by atoms with van der Waals surface area (Å²) in [5, 5.41) is 3.41. The Labute approximate surface area is 203 Å². The van der Waals surface area contributed by atoms with Gasteiger partial charge in [-0.3, -0.25) is 0 Å². The molecule has 2 fully saturated rings. The molecule has 0 saturated carbocycles. The van der Waals surface area contributed by atoms with Crippen molar-refractivity contribution in [1.29, 1.82) is 0 Å². The van der Waals surface area contributed by atoms with E-state index in [4.69, 9.17) is 14.5 Å². The van der Waals surface area contributed by atoms with E-state index < -0.39 is 0 Å². The lowest BCUT2D eigenvalue weighted by molar-refractivity contribution is -0.0367. The van der Waals surface area contributed by atoms with E-state index in [-0.39, 0.29) is 35.9 Å². The number of benzene rings is 1. The highest BCUT2D eigenvalue weighted by Crippen LogP contribution is 2.18. The van der Waals surface area contributed by atoms with Crippen LogP contribution in [0.15, 0.2) is 23.2 Å². The van der Waals surface area contributed by atoms with Crippen LogP contribution in [0.5, 0.6) is 0 Å². The van der Waals surface area contributed by atoms with E-state index in [0.717, 1.165) is 70.1 Å². The molecule has 1 N–H and O–H groups in total. The molecule has 31 heavy (non-hydrogen) atoms. The predicted octanol–water partition coefficient (Wildman–Crippen LogP) is 3.63. The van der Waals surface area contributed by atoms with Gasteiger partial charge in [0.25, 0.3) is 0 Å². The Morgan fingerprint density at radius 3 is 2.71 bits per heavy atom. The van der Waals surface area contributed by atoms with E-state index in [2.05, 4.69) is 17.1 Å². The zero-order chi connectivity index (χ0) is 21.3. The largest absolute Gasteiger partial charge is 0.376 e. The number of rotatable bonds is 8. The fourth-order valence-corrected chi connectivity index (χ4v) is 4.03. The first-order chi connectivity index (χ1) is 14.5. The SMILES string of the molecule is CCNC(=NCc1ccc(F)c(CN(C)C)c1)N1CCC(OCC2CCCO2)CC1.I. The quantitative estimate of drug-likeness (QED) is 0.306. The molecule has 0 radical (unpaired) electrons. The summed E-state index contributed by atoms with van der Waals surface area (Å²) in [6.07, 6.45) is 4.87. The minimum Gasteiger partial charge on any atom is -0.376 e. The Kier molecular flexibility index (Phi) is 11.5. The lowest BCUT2D eigenvalue weighted by Crippen LogP contribution is -2.47. The van der Waals surface area contributed by atoms with Gasteiger partial charge >= 0.3 is 0 Å². The van der Waals surface area contributed by atoms with Crippen LogP contribution in [0.25, 0.3) is 0 Å². The number of guanidine groups is 1. The molecule has 1 aromatic rings. The van der Waals surface area contributed by atoms with E-state index in [1.165, 1.54) is 0 Å². The van der Waals surface area contributed by atoms with Crippen molar-refractivity contribution in [2.24, 2.45) is 4.99 Å². The molecule has 1 atom stereocenters. The van der Waals surface area contributed by atoms with Crippen LogP contribution in [0.4, 0.5) is 4.39 Å². The van der Waals surface area contributed by atoms with E-state index in [0.29, 0.717) is 24.8 Å². The molecule has 176 valence electrons. The summed E-state index contributed by atoms with van der Waals surface area (Å²) < 4.78 is 25.8. The molecule has 0 aromatic heterocycles. The lowest BCUT2D eigenvalue weighted by atomic mass is 10.1. The van der Waals surface area contributed by atoms with Crippen molar-refractivity contribution in [2.75, 3.05) is 46.9 Å². The summed E-state index contributed by atoms with van der Waals surface area (Å²) in [7, 11) is 3.89. The first-order valence-electron chi connectivity index (χ1n) is 11.2. The number of ether oxygens (including phenoxy) is 2. The van der Waals surface area contributed by atoms with Gasteiger partial charge in [0.15, 0.2) is 5.96 Å². The third kappa shape index (κ3) is 8.47. The average molecular weight is 548 g/mol. The third-order valence-corrected chi connectivity index (χ3v) is 5.63. The van der Waals surface area contributed by atoms with Gasteiger partial charge in [-0.25, -0.2) is 9.38 Å². The van der Waals surface area contributed by atoms with Crippen molar-refractivity contribution < 1.29 is 13.9 Å². The maximum absolute atomic E-state index is 14.0. The summed E-state index contributed by atoms with van der Waals surface area (Å²) in [6, 6.07) is 5.30. The number of hydrogen-bond donors (Lipinski definition) is 1. The van der Waals surface area contributed by atoms with Gasteiger partial charge in [0.05, 0.1) is 25.4 Å². The standard InChI is InChI=1S/C23H37FN4O2.HI/c1-4-25-23(26-15-18-7-8-22(24)19(14-18)16-27(2)3)28-11-9-20(10-12-28)30-17-21-6-5-13-29-21;/h7-8,14,20-21H,4-6,9-13,15-17H2,1-3H3,(H,25,26);1H. The van der Waals surface area contributed by atoms with Crippen molar-refractivity contribution in [3.05, 3.63) is 35.1 Å². The van der Waals surface area contributed by atoms with Crippen LogP contribution in [0.3, 0.4) is 0 Å². The number of likely N-dealkylation sites (tertiary alicyclic amines) is 1. The van der Waals surface area contributed by atoms with Crippen LogP contribution >= 0.6 is 24.0 Å². The van der Waals surface area contributed by atoms with E-state index >= 15 is 0 Å². The highest BCUT2D eigenvalue weighted by molar-refractivity contribution is 14.0. The van der Waals surface area contributed by atoms with Crippen LogP contribution in [-0.4, -0.2) is 74.9 Å². The molecule has 0 spiro atoms. The molecular weight excluding hydrogens is 510 g/mol. The number of nitrogens with one attached hydrogen (secondary N) is 1. The zero-order valence-electron chi connectivity index (χ0n) is 19.1. The van der Waals surface area contributed by atoms with Crippen molar-refractivity contribution in [1.82, 2.24) is 15.1 Å². The number of hydrogen-bond acceptors (Lipinski definition) is 4. The molecular formula is C23H38FIN4O2. The Balaban J connectivity index is 0.00000341. The van der Waals surface area contributed by atoms with Crippen LogP contribution in [-0.2, 0) is 22.6 Å². The maximum atomic E-state index is 14.0. The first kappa shape index (κ1) is 26.3. The van der Waals surface area contributed by atoms with E-state index in [1.807, 2.05) is 31.1 Å². The Morgan fingerprint density at radius 1 is 1.29 bits per heavy atom. The second-order valence-corrected chi connectivity index (χ2v) is 8.49. The monoisotopic (exact) mass is 548 g/mol. The lowest BCUT2D eigenvalue weighted by Gasteiger charge is -2.34. The normalized spacial score (nSPS) is 20.2. The number of nitrogens with zero attached hydrogens (tertiary/aromatic N) is 3. The fraction of sp³-hybridized carbons (Fsp3) is 0.696. The molecule has 2 aliphatic rings. The van der Waals surface area contributed by atoms with Gasteiger partial charge < -0.3 is 24.6 Å². The summed E-state index contributed by atoms with van der Waals surface area (Å²) in [5.74, 6) is 0.766. The molecule has 3 rings (SSSR count). The Morgan fingerprint density at radius 2 is 2.06 bits per heavy atom. The fourth-order valence-electron chi connectivity index (χ4n) is 4.03. The molecule has 1 unspecified atom stereocenters. The van der Waals surface area contributed by atoms with Gasteiger partial charge in [0, 0.05) is 38.3 Å². The molecule has 8 heteroatoms. The summed E-state index contributed by atoms with van der Waals surface area (Å²) in [4.78, 5) is 9.10. The van der Waals surface area contributed by atoms with Crippen LogP contribution in [0, 0.1) is 5.82 Å². The third-order valence-electron chi connectivity index (χ3n) is 5.63. The minimum atomic E-state index is -0.159. The molecule has 6 nitrogen and oxygen atoms in total. The van der Waals surface area contributed by atoms with Gasteiger partial charge in [0.1, 0.15) is 5.82 Å². The molecule has 0 bridgehead atoms. The van der Waals surface area contributed by atoms with Crippen LogP contribution in [0.2, 0.25) is 0 Å². The average Bonchev–Trinajstić information content (AvgIpc) is 3.25. The van der Waals surface area contributed by atoms with Gasteiger partial charge in [0.2, 0.25) is 0 Å². The molecule has 2 aliphatic heterocycles. The van der Waals surface area contributed by atoms with Gasteiger partial charge in [-0.2, -0.15) is 0 Å². The molecule has 2 saturated heterocycles. The van der Waals surface area contributed by atoms with Gasteiger partial charge in [-0.15, -0.1) is 24.0 Å². The topological polar surface area (TPSA) is 49.3 Å². The maximum Gasteiger partial charge on any atom is 0.194 e. The molecule has 1 aromatic carbocycles. The Bertz CT molecular complexity index is 690. The number of aliphatic imine (C=N–C) groups is 1. The highest BCUT2D eigenvalue weighted by Gasteiger charge is 2.24. The minimum absolute atomic E-state index is 0. The predicted molar refractivity (Wildman–Crippen MR) is 134 cm³/mol. The van der Waals surface area contributed by atoms with E-state index in [1.54, 1.807) is 6.07 Å². The van der Waals surface area contributed by atoms with Crippen molar-refractivity contribution in [3.8, 4) is 0 Å². The van der Waals surface area contributed by atoms with E-state index in [9.17, 15) is 4.39 Å². The first-order valence-corrected chi connectivity index (χ1v) is 11.2.